The summed E-state index contributed by atoms with van der Waals surface area (Å²) in [5.41, 5.74) is 0.234. The van der Waals surface area contributed by atoms with Crippen LogP contribution in [-0.2, 0) is 20.9 Å². The summed E-state index contributed by atoms with van der Waals surface area (Å²) < 4.78 is 26.3. The highest BCUT2D eigenvalue weighted by Crippen LogP contribution is 2.42. The molecule has 1 spiro atoms. The number of amides is 1. The van der Waals surface area contributed by atoms with Crippen molar-refractivity contribution in [1.29, 1.82) is 0 Å². The van der Waals surface area contributed by atoms with Crippen molar-refractivity contribution >= 4 is 5.91 Å². The molecule has 3 heterocycles. The minimum Gasteiger partial charge on any atom is -0.373 e. The molecule has 1 unspecified atom stereocenters. The SMILES string of the molecule is Cc1cncc(COC2CCOC3(C2)CN(C(=O)C2(F)CCC2)C3)c1. The van der Waals surface area contributed by atoms with Gasteiger partial charge in [0.2, 0.25) is 0 Å². The molecule has 1 amide bonds. The highest BCUT2D eigenvalue weighted by molar-refractivity contribution is 5.87. The molecular weight excluding hydrogens is 323 g/mol. The minimum absolute atomic E-state index is 0.106. The maximum atomic E-state index is 14.3. The second-order valence-corrected chi connectivity index (χ2v) is 7.81. The lowest BCUT2D eigenvalue weighted by Crippen LogP contribution is -2.70. The van der Waals surface area contributed by atoms with Crippen molar-refractivity contribution in [1.82, 2.24) is 9.88 Å². The molecule has 2 saturated heterocycles. The number of halogens is 1. The molecule has 6 heteroatoms. The van der Waals surface area contributed by atoms with Crippen LogP contribution in [0.1, 0.15) is 43.2 Å². The standard InChI is InChI=1S/C19H25FN2O3/c1-14-7-15(10-21-9-14)11-24-16-3-6-25-18(8-16)12-22(13-18)17(23)19(20)4-2-5-19/h7,9-10,16H,2-6,8,11-13H2,1H3. The van der Waals surface area contributed by atoms with Gasteiger partial charge in [-0.1, -0.05) is 6.07 Å². The molecule has 3 fully saturated rings. The van der Waals surface area contributed by atoms with Crippen LogP contribution >= 0.6 is 0 Å². The first kappa shape index (κ1) is 16.9. The summed E-state index contributed by atoms with van der Waals surface area (Å²) in [5.74, 6) is -0.346. The van der Waals surface area contributed by atoms with Gasteiger partial charge in [0.15, 0.2) is 5.67 Å². The first-order chi connectivity index (χ1) is 12.0. The van der Waals surface area contributed by atoms with E-state index in [-0.39, 0.29) is 17.6 Å². The first-order valence-electron chi connectivity index (χ1n) is 9.13. The van der Waals surface area contributed by atoms with E-state index in [0.717, 1.165) is 30.4 Å². The predicted molar refractivity (Wildman–Crippen MR) is 89.7 cm³/mol. The van der Waals surface area contributed by atoms with Crippen molar-refractivity contribution < 1.29 is 18.7 Å². The Morgan fingerprint density at radius 1 is 1.44 bits per heavy atom. The fourth-order valence-corrected chi connectivity index (χ4v) is 4.03. The zero-order valence-electron chi connectivity index (χ0n) is 14.7. The molecule has 25 heavy (non-hydrogen) atoms. The topological polar surface area (TPSA) is 51.7 Å². The van der Waals surface area contributed by atoms with E-state index < -0.39 is 5.67 Å². The van der Waals surface area contributed by atoms with Crippen molar-refractivity contribution in [3.8, 4) is 0 Å². The van der Waals surface area contributed by atoms with Crippen LogP contribution in [0.3, 0.4) is 0 Å². The molecule has 1 aliphatic carbocycles. The second kappa shape index (κ2) is 6.32. The lowest BCUT2D eigenvalue weighted by Gasteiger charge is -2.54. The number of aromatic nitrogens is 1. The number of alkyl halides is 1. The van der Waals surface area contributed by atoms with Gasteiger partial charge in [0.25, 0.3) is 5.91 Å². The number of hydrogen-bond acceptors (Lipinski definition) is 4. The van der Waals surface area contributed by atoms with E-state index in [1.807, 2.05) is 19.3 Å². The van der Waals surface area contributed by atoms with Crippen LogP contribution in [0, 0.1) is 6.92 Å². The van der Waals surface area contributed by atoms with Crippen molar-refractivity contribution in [3.05, 3.63) is 29.6 Å². The third-order valence-electron chi connectivity index (χ3n) is 5.64. The van der Waals surface area contributed by atoms with E-state index in [0.29, 0.717) is 39.1 Å². The number of likely N-dealkylation sites (tertiary alicyclic amines) is 1. The molecular formula is C19H25FN2O3. The van der Waals surface area contributed by atoms with Gasteiger partial charge in [-0.2, -0.15) is 0 Å². The van der Waals surface area contributed by atoms with Crippen LogP contribution in [0.25, 0.3) is 0 Å². The fraction of sp³-hybridized carbons (Fsp3) is 0.684. The summed E-state index contributed by atoms with van der Waals surface area (Å²) >= 11 is 0. The van der Waals surface area contributed by atoms with E-state index in [9.17, 15) is 9.18 Å². The van der Waals surface area contributed by atoms with Gasteiger partial charge < -0.3 is 14.4 Å². The molecule has 2 aliphatic heterocycles. The average molecular weight is 348 g/mol. The Kier molecular flexibility index (Phi) is 4.28. The molecule has 1 saturated carbocycles. The summed E-state index contributed by atoms with van der Waals surface area (Å²) in [6.45, 7) is 4.15. The first-order valence-corrected chi connectivity index (χ1v) is 9.13. The van der Waals surface area contributed by atoms with Gasteiger partial charge >= 0.3 is 0 Å². The van der Waals surface area contributed by atoms with Crippen LogP contribution in [0.15, 0.2) is 18.5 Å². The van der Waals surface area contributed by atoms with Gasteiger partial charge in [0.05, 0.1) is 25.8 Å². The smallest absolute Gasteiger partial charge is 0.260 e. The zero-order valence-corrected chi connectivity index (χ0v) is 14.7. The molecule has 3 aliphatic rings. The summed E-state index contributed by atoms with van der Waals surface area (Å²) in [6.07, 6.45) is 6.91. The van der Waals surface area contributed by atoms with Crippen molar-refractivity contribution in [2.45, 2.75) is 63.0 Å². The van der Waals surface area contributed by atoms with Gasteiger partial charge in [0, 0.05) is 25.4 Å². The van der Waals surface area contributed by atoms with E-state index in [4.69, 9.17) is 9.47 Å². The fourth-order valence-electron chi connectivity index (χ4n) is 4.03. The molecule has 1 aromatic heterocycles. The Bertz CT molecular complexity index is 656. The Morgan fingerprint density at radius 2 is 2.24 bits per heavy atom. The molecule has 0 radical (unpaired) electrons. The maximum absolute atomic E-state index is 14.3. The second-order valence-electron chi connectivity index (χ2n) is 7.81. The highest BCUT2D eigenvalue weighted by Gasteiger charge is 2.55. The van der Waals surface area contributed by atoms with Crippen molar-refractivity contribution in [2.75, 3.05) is 19.7 Å². The Morgan fingerprint density at radius 3 is 2.92 bits per heavy atom. The number of hydrogen-bond donors (Lipinski definition) is 0. The molecule has 0 bridgehead atoms. The predicted octanol–water partition coefficient (Wildman–Crippen LogP) is 2.56. The largest absolute Gasteiger partial charge is 0.373 e. The maximum Gasteiger partial charge on any atom is 0.260 e. The third-order valence-corrected chi connectivity index (χ3v) is 5.64. The molecule has 0 aromatic carbocycles. The molecule has 5 nitrogen and oxygen atoms in total. The summed E-state index contributed by atoms with van der Waals surface area (Å²) in [7, 11) is 0. The number of rotatable bonds is 4. The van der Waals surface area contributed by atoms with E-state index >= 15 is 0 Å². The summed E-state index contributed by atoms with van der Waals surface area (Å²) in [6, 6.07) is 2.07. The van der Waals surface area contributed by atoms with Crippen LogP contribution < -0.4 is 0 Å². The summed E-state index contributed by atoms with van der Waals surface area (Å²) in [4.78, 5) is 18.0. The lowest BCUT2D eigenvalue weighted by atomic mass is 9.78. The van der Waals surface area contributed by atoms with Gasteiger partial charge in [-0.05, 0) is 43.7 Å². The van der Waals surface area contributed by atoms with Gasteiger partial charge in [0.1, 0.15) is 5.60 Å². The van der Waals surface area contributed by atoms with Gasteiger partial charge in [-0.25, -0.2) is 4.39 Å². The molecule has 136 valence electrons. The van der Waals surface area contributed by atoms with E-state index in [1.165, 1.54) is 0 Å². The molecule has 1 aromatic rings. The van der Waals surface area contributed by atoms with E-state index in [1.54, 1.807) is 4.90 Å². The molecule has 4 rings (SSSR count). The minimum atomic E-state index is -1.61. The lowest BCUT2D eigenvalue weighted by molar-refractivity contribution is -0.210. The van der Waals surface area contributed by atoms with Crippen LogP contribution in [-0.4, -0.2) is 52.9 Å². The van der Waals surface area contributed by atoms with Gasteiger partial charge in [-0.15, -0.1) is 0 Å². The van der Waals surface area contributed by atoms with Crippen molar-refractivity contribution in [3.63, 3.8) is 0 Å². The average Bonchev–Trinajstić information content (AvgIpc) is 2.55. The highest BCUT2D eigenvalue weighted by atomic mass is 19.1. The van der Waals surface area contributed by atoms with Crippen LogP contribution in [0.4, 0.5) is 4.39 Å². The number of carbonyl (C=O) groups excluding carboxylic acids is 1. The Labute approximate surface area is 147 Å². The summed E-state index contributed by atoms with van der Waals surface area (Å²) in [5, 5.41) is 0. The monoisotopic (exact) mass is 348 g/mol. The molecule has 1 atom stereocenters. The number of pyridine rings is 1. The quantitative estimate of drug-likeness (QED) is 0.839. The van der Waals surface area contributed by atoms with Crippen molar-refractivity contribution in [2.24, 2.45) is 0 Å². The van der Waals surface area contributed by atoms with Crippen LogP contribution in [0.5, 0.6) is 0 Å². The van der Waals surface area contributed by atoms with Gasteiger partial charge in [-0.3, -0.25) is 9.78 Å². The third kappa shape index (κ3) is 3.29. The molecule has 0 N–H and O–H groups in total. The normalized spacial score (nSPS) is 26.8. The number of nitrogens with zero attached hydrogens (tertiary/aromatic N) is 2. The van der Waals surface area contributed by atoms with E-state index in [2.05, 4.69) is 11.1 Å². The number of ether oxygens (including phenoxy) is 2. The number of carbonyl (C=O) groups is 1. The zero-order chi connectivity index (χ0) is 17.5. The Hall–Kier alpha value is -1.53. The Balaban J connectivity index is 1.29. The van der Waals surface area contributed by atoms with Crippen LogP contribution in [0.2, 0.25) is 0 Å². The number of aryl methyl sites for hydroxylation is 1.